The minimum absolute atomic E-state index is 0.146. The first-order chi connectivity index (χ1) is 9.65. The van der Waals surface area contributed by atoms with Crippen molar-refractivity contribution in [3.63, 3.8) is 0 Å². The summed E-state index contributed by atoms with van der Waals surface area (Å²) in [5.41, 5.74) is 1.14. The third-order valence-electron chi connectivity index (χ3n) is 3.38. The van der Waals surface area contributed by atoms with Crippen LogP contribution in [0.5, 0.6) is 11.5 Å². The largest absolute Gasteiger partial charge is 0.493 e. The van der Waals surface area contributed by atoms with Gasteiger partial charge in [0.15, 0.2) is 11.5 Å². The molecule has 108 valence electrons. The molecule has 0 aliphatic rings. The predicted octanol–water partition coefficient (Wildman–Crippen LogP) is 3.71. The van der Waals surface area contributed by atoms with Crippen LogP contribution in [0.25, 0.3) is 0 Å². The molecular formula is C16H21NO3. The lowest BCUT2D eigenvalue weighted by molar-refractivity contribution is 0.353. The number of benzene rings is 1. The molecule has 2 atom stereocenters. The zero-order chi connectivity index (χ0) is 14.5. The van der Waals surface area contributed by atoms with Gasteiger partial charge in [-0.05, 0) is 43.7 Å². The molecule has 2 rings (SSSR count). The maximum absolute atomic E-state index is 5.41. The first-order valence-electron chi connectivity index (χ1n) is 6.67. The summed E-state index contributed by atoms with van der Waals surface area (Å²) < 4.78 is 16.0. The second-order valence-corrected chi connectivity index (χ2v) is 4.74. The molecule has 0 amide bonds. The van der Waals surface area contributed by atoms with Crippen molar-refractivity contribution in [1.29, 1.82) is 0 Å². The van der Waals surface area contributed by atoms with E-state index in [4.69, 9.17) is 13.9 Å². The van der Waals surface area contributed by atoms with E-state index in [0.29, 0.717) is 0 Å². The monoisotopic (exact) mass is 275 g/mol. The van der Waals surface area contributed by atoms with Crippen LogP contribution in [0.1, 0.15) is 37.3 Å². The number of ether oxygens (including phenoxy) is 2. The molecule has 0 bridgehead atoms. The van der Waals surface area contributed by atoms with Crippen LogP contribution in [0.4, 0.5) is 0 Å². The van der Waals surface area contributed by atoms with E-state index in [9.17, 15) is 0 Å². The van der Waals surface area contributed by atoms with Crippen molar-refractivity contribution < 1.29 is 13.9 Å². The molecule has 4 nitrogen and oxygen atoms in total. The number of methoxy groups -OCH3 is 2. The molecule has 0 aliphatic carbocycles. The molecule has 1 aromatic carbocycles. The van der Waals surface area contributed by atoms with Crippen molar-refractivity contribution in [3.05, 3.63) is 47.9 Å². The Labute approximate surface area is 119 Å². The first kappa shape index (κ1) is 14.5. The molecule has 0 aliphatic heterocycles. The predicted molar refractivity (Wildman–Crippen MR) is 78.2 cm³/mol. The van der Waals surface area contributed by atoms with Crippen LogP contribution in [0, 0.1) is 0 Å². The van der Waals surface area contributed by atoms with Gasteiger partial charge in [-0.25, -0.2) is 0 Å². The Morgan fingerprint density at radius 2 is 1.75 bits per heavy atom. The second-order valence-electron chi connectivity index (χ2n) is 4.74. The lowest BCUT2D eigenvalue weighted by atomic mass is 10.1. The highest BCUT2D eigenvalue weighted by Crippen LogP contribution is 2.30. The standard InChI is InChI=1S/C16H21NO3/c1-11(17-12(2)14-6-5-9-20-14)13-7-8-15(18-3)16(10-13)19-4/h5-12,17H,1-4H3/t11?,12-/m0/s1. The van der Waals surface area contributed by atoms with Crippen LogP contribution >= 0.6 is 0 Å². The van der Waals surface area contributed by atoms with Gasteiger partial charge >= 0.3 is 0 Å². The fourth-order valence-corrected chi connectivity index (χ4v) is 2.21. The smallest absolute Gasteiger partial charge is 0.161 e. The number of hydrogen-bond acceptors (Lipinski definition) is 4. The Balaban J connectivity index is 2.11. The van der Waals surface area contributed by atoms with Gasteiger partial charge in [-0.2, -0.15) is 0 Å². The van der Waals surface area contributed by atoms with Gasteiger partial charge in [0.05, 0.1) is 26.5 Å². The van der Waals surface area contributed by atoms with Crippen LogP contribution in [-0.4, -0.2) is 14.2 Å². The summed E-state index contributed by atoms with van der Waals surface area (Å²) >= 11 is 0. The highest BCUT2D eigenvalue weighted by atomic mass is 16.5. The molecule has 1 N–H and O–H groups in total. The highest BCUT2D eigenvalue weighted by molar-refractivity contribution is 5.43. The van der Waals surface area contributed by atoms with Gasteiger partial charge < -0.3 is 19.2 Å². The van der Waals surface area contributed by atoms with Crippen molar-refractivity contribution in [1.82, 2.24) is 5.32 Å². The maximum atomic E-state index is 5.41. The van der Waals surface area contributed by atoms with Gasteiger partial charge in [0.25, 0.3) is 0 Å². The summed E-state index contributed by atoms with van der Waals surface area (Å²) in [7, 11) is 3.28. The zero-order valence-electron chi connectivity index (χ0n) is 12.3. The molecule has 0 radical (unpaired) electrons. The minimum atomic E-state index is 0.146. The SMILES string of the molecule is COc1ccc(C(C)N[C@@H](C)c2ccco2)cc1OC. The van der Waals surface area contributed by atoms with Crippen LogP contribution in [-0.2, 0) is 0 Å². The summed E-state index contributed by atoms with van der Waals surface area (Å²) in [5.74, 6) is 2.41. The molecule has 0 spiro atoms. The van der Waals surface area contributed by atoms with Crippen LogP contribution < -0.4 is 14.8 Å². The summed E-state index contributed by atoms with van der Waals surface area (Å²) in [6.07, 6.45) is 1.69. The lowest BCUT2D eigenvalue weighted by Gasteiger charge is -2.20. The average molecular weight is 275 g/mol. The van der Waals surface area contributed by atoms with E-state index in [1.165, 1.54) is 0 Å². The number of hydrogen-bond donors (Lipinski definition) is 1. The molecule has 0 fully saturated rings. The van der Waals surface area contributed by atoms with Gasteiger partial charge in [-0.15, -0.1) is 0 Å². The molecule has 0 saturated heterocycles. The van der Waals surface area contributed by atoms with Gasteiger partial charge in [-0.3, -0.25) is 0 Å². The average Bonchev–Trinajstić information content (AvgIpc) is 3.00. The van der Waals surface area contributed by atoms with Crippen molar-refractivity contribution in [2.24, 2.45) is 0 Å². The van der Waals surface area contributed by atoms with E-state index in [0.717, 1.165) is 22.8 Å². The maximum Gasteiger partial charge on any atom is 0.161 e. The minimum Gasteiger partial charge on any atom is -0.493 e. The Morgan fingerprint density at radius 1 is 1.00 bits per heavy atom. The summed E-state index contributed by atoms with van der Waals surface area (Å²) in [6, 6.07) is 10.1. The van der Waals surface area contributed by atoms with Crippen LogP contribution in [0.3, 0.4) is 0 Å². The van der Waals surface area contributed by atoms with Crippen LogP contribution in [0.2, 0.25) is 0 Å². The highest BCUT2D eigenvalue weighted by Gasteiger charge is 2.14. The van der Waals surface area contributed by atoms with Gasteiger partial charge in [0, 0.05) is 6.04 Å². The third-order valence-corrected chi connectivity index (χ3v) is 3.38. The first-order valence-corrected chi connectivity index (χ1v) is 6.67. The summed E-state index contributed by atoms with van der Waals surface area (Å²) in [5, 5.41) is 3.50. The second kappa shape index (κ2) is 6.48. The van der Waals surface area contributed by atoms with Crippen LogP contribution in [0.15, 0.2) is 41.0 Å². The molecule has 2 aromatic rings. The Morgan fingerprint density at radius 3 is 2.35 bits per heavy atom. The topological polar surface area (TPSA) is 43.6 Å². The van der Waals surface area contributed by atoms with E-state index < -0.39 is 0 Å². The fourth-order valence-electron chi connectivity index (χ4n) is 2.21. The number of nitrogens with one attached hydrogen (secondary N) is 1. The molecule has 1 unspecified atom stereocenters. The molecule has 1 heterocycles. The number of furan rings is 1. The quantitative estimate of drug-likeness (QED) is 0.872. The van der Waals surface area contributed by atoms with Gasteiger partial charge in [0.1, 0.15) is 5.76 Å². The fraction of sp³-hybridized carbons (Fsp3) is 0.375. The van der Waals surface area contributed by atoms with Gasteiger partial charge in [0.2, 0.25) is 0 Å². The third kappa shape index (κ3) is 3.14. The van der Waals surface area contributed by atoms with Crippen molar-refractivity contribution in [3.8, 4) is 11.5 Å². The van der Waals surface area contributed by atoms with Crippen molar-refractivity contribution in [2.75, 3.05) is 14.2 Å². The number of rotatable bonds is 6. The molecule has 0 saturated carbocycles. The lowest BCUT2D eigenvalue weighted by Crippen LogP contribution is -2.22. The van der Waals surface area contributed by atoms with Crippen molar-refractivity contribution >= 4 is 0 Å². The Bertz CT molecular complexity index is 537. The van der Waals surface area contributed by atoms with E-state index >= 15 is 0 Å². The molecule has 1 aromatic heterocycles. The van der Waals surface area contributed by atoms with Gasteiger partial charge in [-0.1, -0.05) is 6.07 Å². The van der Waals surface area contributed by atoms with E-state index in [-0.39, 0.29) is 12.1 Å². The van der Waals surface area contributed by atoms with E-state index in [2.05, 4.69) is 19.2 Å². The Kier molecular flexibility index (Phi) is 4.69. The molecular weight excluding hydrogens is 254 g/mol. The summed E-state index contributed by atoms with van der Waals surface area (Å²) in [6.45, 7) is 4.19. The van der Waals surface area contributed by atoms with E-state index in [1.807, 2.05) is 30.3 Å². The molecule has 4 heteroatoms. The zero-order valence-corrected chi connectivity index (χ0v) is 12.3. The van der Waals surface area contributed by atoms with E-state index in [1.54, 1.807) is 20.5 Å². The summed E-state index contributed by atoms with van der Waals surface area (Å²) in [4.78, 5) is 0. The molecule has 20 heavy (non-hydrogen) atoms. The van der Waals surface area contributed by atoms with Crippen molar-refractivity contribution in [2.45, 2.75) is 25.9 Å². The normalized spacial score (nSPS) is 13.8. The Hall–Kier alpha value is -1.94.